The Balaban J connectivity index is 1.42. The van der Waals surface area contributed by atoms with Crippen LogP contribution in [0.1, 0.15) is 32.1 Å². The van der Waals surface area contributed by atoms with Gasteiger partial charge in [-0.25, -0.2) is 14.4 Å². The van der Waals surface area contributed by atoms with Crippen LogP contribution < -0.4 is 5.32 Å². The maximum absolute atomic E-state index is 13.9. The molecule has 0 aliphatic carbocycles. The molecule has 0 aliphatic heterocycles. The van der Waals surface area contributed by atoms with E-state index < -0.39 is 0 Å². The number of carbonyl (C=O) groups is 1. The van der Waals surface area contributed by atoms with Crippen LogP contribution in [0.4, 0.5) is 9.52 Å². The van der Waals surface area contributed by atoms with E-state index in [1.165, 1.54) is 17.4 Å². The van der Waals surface area contributed by atoms with Gasteiger partial charge in [0.1, 0.15) is 5.82 Å². The van der Waals surface area contributed by atoms with Gasteiger partial charge in [-0.3, -0.25) is 10.1 Å². The first kappa shape index (κ1) is 19.0. The number of hydrogen-bond donors (Lipinski definition) is 1. The second-order valence-corrected chi connectivity index (χ2v) is 7.77. The summed E-state index contributed by atoms with van der Waals surface area (Å²) in [7, 11) is 0. The van der Waals surface area contributed by atoms with Crippen molar-refractivity contribution in [2.75, 3.05) is 5.32 Å². The molecule has 0 saturated carbocycles. The molecule has 0 unspecified atom stereocenters. The molecule has 0 bridgehead atoms. The van der Waals surface area contributed by atoms with Gasteiger partial charge in [-0.05, 0) is 36.2 Å². The molecule has 2 aromatic heterocycles. The minimum Gasteiger partial charge on any atom is -0.333 e. The monoisotopic (exact) mass is 406 g/mol. The van der Waals surface area contributed by atoms with Gasteiger partial charge in [-0.1, -0.05) is 30.3 Å². The summed E-state index contributed by atoms with van der Waals surface area (Å²) in [4.78, 5) is 21.9. The molecule has 0 fully saturated rings. The fourth-order valence-corrected chi connectivity index (χ4v) is 3.96. The quantitative estimate of drug-likeness (QED) is 0.506. The zero-order valence-electron chi connectivity index (χ0n) is 15.8. The maximum atomic E-state index is 13.9. The van der Waals surface area contributed by atoms with E-state index in [1.54, 1.807) is 36.8 Å². The average molecular weight is 406 g/mol. The van der Waals surface area contributed by atoms with Crippen molar-refractivity contribution in [2.24, 2.45) is 0 Å². The lowest BCUT2D eigenvalue weighted by Gasteiger charge is -2.05. The van der Waals surface area contributed by atoms with Gasteiger partial charge in [-0.2, -0.15) is 0 Å². The predicted octanol–water partition coefficient (Wildman–Crippen LogP) is 4.68. The Kier molecular flexibility index (Phi) is 5.48. The van der Waals surface area contributed by atoms with Gasteiger partial charge < -0.3 is 4.57 Å². The molecule has 0 aliphatic rings. The van der Waals surface area contributed by atoms with E-state index in [-0.39, 0.29) is 11.7 Å². The number of carbonyl (C=O) groups excluding carboxylic acids is 1. The highest BCUT2D eigenvalue weighted by atomic mass is 32.1. The van der Waals surface area contributed by atoms with E-state index in [1.807, 2.05) is 35.9 Å². The molecule has 1 N–H and O–H groups in total. The van der Waals surface area contributed by atoms with Crippen LogP contribution >= 0.6 is 11.3 Å². The van der Waals surface area contributed by atoms with Crippen molar-refractivity contribution >= 4 is 22.4 Å². The van der Waals surface area contributed by atoms with Crippen molar-refractivity contribution in [1.82, 2.24) is 14.5 Å². The number of aryl methyl sites for hydroxylation is 1. The summed E-state index contributed by atoms with van der Waals surface area (Å²) >= 11 is 1.37. The third-order valence-corrected chi connectivity index (χ3v) is 5.64. The van der Waals surface area contributed by atoms with Crippen molar-refractivity contribution in [1.29, 1.82) is 0 Å². The van der Waals surface area contributed by atoms with Crippen LogP contribution in [-0.2, 0) is 13.0 Å². The molecular weight excluding hydrogens is 387 g/mol. The molecule has 4 aromatic rings. The predicted molar refractivity (Wildman–Crippen MR) is 112 cm³/mol. The van der Waals surface area contributed by atoms with E-state index >= 15 is 0 Å². The van der Waals surface area contributed by atoms with Gasteiger partial charge in [-0.15, -0.1) is 11.3 Å². The molecule has 29 heavy (non-hydrogen) atoms. The van der Waals surface area contributed by atoms with Gasteiger partial charge in [0.2, 0.25) is 0 Å². The van der Waals surface area contributed by atoms with Gasteiger partial charge >= 0.3 is 0 Å². The highest BCUT2D eigenvalue weighted by molar-refractivity contribution is 7.15. The lowest BCUT2D eigenvalue weighted by atomic mass is 10.1. The van der Waals surface area contributed by atoms with E-state index in [9.17, 15) is 9.18 Å². The molecule has 146 valence electrons. The van der Waals surface area contributed by atoms with Gasteiger partial charge in [0.25, 0.3) is 5.91 Å². The Labute approximate surface area is 171 Å². The van der Waals surface area contributed by atoms with Crippen LogP contribution in [-0.4, -0.2) is 20.4 Å². The fraction of sp³-hybridized carbons (Fsp3) is 0.136. The van der Waals surface area contributed by atoms with E-state index in [0.29, 0.717) is 29.2 Å². The van der Waals surface area contributed by atoms with E-state index in [0.717, 1.165) is 16.1 Å². The number of halogens is 1. The normalized spacial score (nSPS) is 10.8. The number of aromatic nitrogens is 3. The molecule has 0 atom stereocenters. The number of nitrogens with one attached hydrogen (secondary N) is 1. The third kappa shape index (κ3) is 4.57. The highest BCUT2D eigenvalue weighted by Crippen LogP contribution is 2.26. The molecule has 0 saturated heterocycles. The number of anilines is 1. The molecule has 7 heteroatoms. The van der Waals surface area contributed by atoms with Gasteiger partial charge in [0, 0.05) is 35.8 Å². The number of amides is 1. The molecule has 0 radical (unpaired) electrons. The Bertz CT molecular complexity index is 1120. The Morgan fingerprint density at radius 2 is 1.97 bits per heavy atom. The number of nitrogens with zero attached hydrogens (tertiary/aromatic N) is 3. The largest absolute Gasteiger partial charge is 0.333 e. The van der Waals surface area contributed by atoms with Crippen molar-refractivity contribution in [3.63, 3.8) is 0 Å². The first-order chi connectivity index (χ1) is 14.1. The van der Waals surface area contributed by atoms with Gasteiger partial charge in [0.05, 0.1) is 12.0 Å². The zero-order valence-corrected chi connectivity index (χ0v) is 16.6. The summed E-state index contributed by atoms with van der Waals surface area (Å²) < 4.78 is 15.9. The molecule has 4 rings (SSSR count). The van der Waals surface area contributed by atoms with Crippen LogP contribution in [0.15, 0.2) is 67.3 Å². The second-order valence-electron chi connectivity index (χ2n) is 6.68. The summed E-state index contributed by atoms with van der Waals surface area (Å²) in [6.07, 6.45) is 5.84. The molecule has 1 amide bonds. The number of hydrogen-bond acceptors (Lipinski definition) is 4. The van der Waals surface area contributed by atoms with E-state index in [4.69, 9.17) is 0 Å². The molecule has 2 aromatic carbocycles. The summed E-state index contributed by atoms with van der Waals surface area (Å²) in [6, 6.07) is 14.1. The minimum atomic E-state index is -0.235. The maximum Gasteiger partial charge on any atom is 0.257 e. The Morgan fingerprint density at radius 3 is 2.69 bits per heavy atom. The summed E-state index contributed by atoms with van der Waals surface area (Å²) in [5.74, 6) is -0.452. The standard InChI is InChI=1S/C22H19FN4OS/c1-15-20(12-18-4-2-3-5-19(18)23)29-22(25-15)26-21(28)17-8-6-16(7-9-17)13-27-11-10-24-14-27/h2-11,14H,12-13H2,1H3,(H,25,26,28). The lowest BCUT2D eigenvalue weighted by Crippen LogP contribution is -2.11. The van der Waals surface area contributed by atoms with Crippen LogP contribution in [0.25, 0.3) is 0 Å². The SMILES string of the molecule is Cc1nc(NC(=O)c2ccc(Cn3ccnc3)cc2)sc1Cc1ccccc1F. The average Bonchev–Trinajstić information content (AvgIpc) is 3.34. The highest BCUT2D eigenvalue weighted by Gasteiger charge is 2.13. The lowest BCUT2D eigenvalue weighted by molar-refractivity contribution is 0.102. The summed E-state index contributed by atoms with van der Waals surface area (Å²) in [5.41, 5.74) is 3.05. The first-order valence-electron chi connectivity index (χ1n) is 9.14. The summed E-state index contributed by atoms with van der Waals surface area (Å²) in [6.45, 7) is 2.57. The number of imidazole rings is 1. The number of rotatable bonds is 6. The van der Waals surface area contributed by atoms with Crippen molar-refractivity contribution < 1.29 is 9.18 Å². The Morgan fingerprint density at radius 1 is 1.17 bits per heavy atom. The summed E-state index contributed by atoms with van der Waals surface area (Å²) in [5, 5.41) is 3.36. The van der Waals surface area contributed by atoms with Crippen LogP contribution in [0, 0.1) is 12.7 Å². The van der Waals surface area contributed by atoms with Gasteiger partial charge in [0.15, 0.2) is 5.13 Å². The molecule has 0 spiro atoms. The van der Waals surface area contributed by atoms with E-state index in [2.05, 4.69) is 15.3 Å². The number of benzene rings is 2. The first-order valence-corrected chi connectivity index (χ1v) is 9.96. The third-order valence-electron chi connectivity index (χ3n) is 4.56. The fourth-order valence-electron chi connectivity index (χ4n) is 2.98. The smallest absolute Gasteiger partial charge is 0.257 e. The molecule has 2 heterocycles. The van der Waals surface area contributed by atoms with Crippen molar-refractivity contribution in [2.45, 2.75) is 19.9 Å². The second kappa shape index (κ2) is 8.36. The minimum absolute atomic E-state index is 0.217. The van der Waals surface area contributed by atoms with Crippen molar-refractivity contribution in [3.8, 4) is 0 Å². The number of thiazole rings is 1. The molecule has 5 nitrogen and oxygen atoms in total. The Hall–Kier alpha value is -3.32. The molecular formula is C22H19FN4OS. The van der Waals surface area contributed by atoms with Crippen molar-refractivity contribution in [3.05, 3.63) is 100 Å². The van der Waals surface area contributed by atoms with Crippen LogP contribution in [0.3, 0.4) is 0 Å². The van der Waals surface area contributed by atoms with Crippen LogP contribution in [0.2, 0.25) is 0 Å². The van der Waals surface area contributed by atoms with Crippen LogP contribution in [0.5, 0.6) is 0 Å². The zero-order chi connectivity index (χ0) is 20.2. The topological polar surface area (TPSA) is 59.8 Å².